The Kier molecular flexibility index (Phi) is 30.6. The molecule has 0 aliphatic carbocycles. The zero-order chi connectivity index (χ0) is 49.0. The second-order valence-corrected chi connectivity index (χ2v) is 21.1. The summed E-state index contributed by atoms with van der Waals surface area (Å²) in [6.45, 7) is 14.1. The van der Waals surface area contributed by atoms with Gasteiger partial charge in [0.15, 0.2) is 5.60 Å². The van der Waals surface area contributed by atoms with Crippen LogP contribution in [0.15, 0.2) is 97.1 Å². The second kappa shape index (κ2) is 36.4. The van der Waals surface area contributed by atoms with Crippen LogP contribution in [0, 0.1) is 0 Å². The minimum atomic E-state index is -0.837. The fourth-order valence-electron chi connectivity index (χ4n) is 10.2. The van der Waals surface area contributed by atoms with Crippen LogP contribution in [0.2, 0.25) is 0 Å². The van der Waals surface area contributed by atoms with E-state index in [4.69, 9.17) is 14.2 Å². The van der Waals surface area contributed by atoms with Crippen LogP contribution >= 0.6 is 0 Å². The van der Waals surface area contributed by atoms with E-state index in [0.29, 0.717) is 6.61 Å². The van der Waals surface area contributed by atoms with E-state index in [9.17, 15) is 0 Å². The van der Waals surface area contributed by atoms with E-state index in [1.165, 1.54) is 202 Å². The standard InChI is InChI=1S/C66H102O3/c1-7-11-15-19-23-27-31-39-57-43-35-47-61(51-57)65(68-56(5)55-67-63-49-37-45-59(53-63)41-33-29-25-21-17-13-9-3)66(6,62-48-36-44-58(52-62)40-32-28-24-20-16-12-8-2)69-64-50-38-46-60(54-64)42-34-30-26-22-18-14-10-4/h35-38,43-54,56,65H,7-34,39-42,55H2,1-6H3. The van der Waals surface area contributed by atoms with Crippen molar-refractivity contribution in [3.05, 3.63) is 130 Å². The lowest BCUT2D eigenvalue weighted by Crippen LogP contribution is -2.40. The number of benzene rings is 4. The number of ether oxygens (including phenoxy) is 3. The molecule has 3 unspecified atom stereocenters. The largest absolute Gasteiger partial charge is 0.491 e. The van der Waals surface area contributed by atoms with Gasteiger partial charge in [-0.15, -0.1) is 0 Å². The molecule has 0 aromatic heterocycles. The Morgan fingerprint density at radius 1 is 0.391 bits per heavy atom. The molecule has 3 heteroatoms. The summed E-state index contributed by atoms with van der Waals surface area (Å²) in [6.07, 6.45) is 40.5. The highest BCUT2D eigenvalue weighted by Gasteiger charge is 2.42. The minimum Gasteiger partial charge on any atom is -0.491 e. The van der Waals surface area contributed by atoms with Crippen LogP contribution < -0.4 is 9.47 Å². The summed E-state index contributed by atoms with van der Waals surface area (Å²) in [4.78, 5) is 0. The maximum Gasteiger partial charge on any atom is 0.161 e. The highest BCUT2D eigenvalue weighted by molar-refractivity contribution is 5.37. The van der Waals surface area contributed by atoms with Gasteiger partial charge in [-0.2, -0.15) is 0 Å². The van der Waals surface area contributed by atoms with Crippen LogP contribution in [0.25, 0.3) is 0 Å². The monoisotopic (exact) mass is 943 g/mol. The lowest BCUT2D eigenvalue weighted by molar-refractivity contribution is -0.124. The topological polar surface area (TPSA) is 27.7 Å². The molecule has 4 aromatic rings. The Labute approximate surface area is 425 Å². The third-order valence-corrected chi connectivity index (χ3v) is 14.5. The quantitative estimate of drug-likeness (QED) is 0.0414. The van der Waals surface area contributed by atoms with Crippen molar-refractivity contribution in [1.82, 2.24) is 0 Å². The maximum atomic E-state index is 7.53. The summed E-state index contributed by atoms with van der Waals surface area (Å²) >= 11 is 0. The van der Waals surface area contributed by atoms with Gasteiger partial charge in [0.05, 0.1) is 6.10 Å². The molecule has 0 radical (unpaired) electrons. The van der Waals surface area contributed by atoms with E-state index in [2.05, 4.69) is 139 Å². The van der Waals surface area contributed by atoms with Crippen molar-refractivity contribution in [2.24, 2.45) is 0 Å². The zero-order valence-electron chi connectivity index (χ0n) is 45.5. The lowest BCUT2D eigenvalue weighted by Gasteiger charge is -2.40. The molecule has 0 N–H and O–H groups in total. The SMILES string of the molecule is CCCCCCCCCc1cccc(OCC(C)OC(c2cccc(CCCCCCCCC)c2)C(C)(Oc2cccc(CCCCCCCCC)c2)c2cccc(CCCCCCCCC)c2)c1. The third-order valence-electron chi connectivity index (χ3n) is 14.5. The minimum absolute atomic E-state index is 0.198. The Hall–Kier alpha value is -3.56. The van der Waals surface area contributed by atoms with Crippen LogP contribution in [0.5, 0.6) is 11.5 Å². The van der Waals surface area contributed by atoms with E-state index in [-0.39, 0.29) is 6.10 Å². The summed E-state index contributed by atoms with van der Waals surface area (Å²) in [5.41, 5.74) is 6.95. The number of rotatable bonds is 42. The second-order valence-electron chi connectivity index (χ2n) is 21.1. The predicted molar refractivity (Wildman–Crippen MR) is 299 cm³/mol. The van der Waals surface area contributed by atoms with Crippen molar-refractivity contribution in [1.29, 1.82) is 0 Å². The normalized spacial score (nSPS) is 13.3. The highest BCUT2D eigenvalue weighted by Crippen LogP contribution is 2.43. The summed E-state index contributed by atoms with van der Waals surface area (Å²) < 4.78 is 21.6. The Morgan fingerprint density at radius 3 is 1.22 bits per heavy atom. The van der Waals surface area contributed by atoms with Crippen molar-refractivity contribution in [3.63, 3.8) is 0 Å². The summed E-state index contributed by atoms with van der Waals surface area (Å²) in [5.74, 6) is 1.83. The molecule has 0 aliphatic rings. The molecule has 0 bridgehead atoms. The lowest BCUT2D eigenvalue weighted by atomic mass is 9.83. The van der Waals surface area contributed by atoms with Gasteiger partial charge in [0.2, 0.25) is 0 Å². The molecule has 69 heavy (non-hydrogen) atoms. The maximum absolute atomic E-state index is 7.53. The van der Waals surface area contributed by atoms with Gasteiger partial charge in [-0.3, -0.25) is 0 Å². The van der Waals surface area contributed by atoms with E-state index in [0.717, 1.165) is 48.3 Å². The number of unbranched alkanes of at least 4 members (excludes halogenated alkanes) is 24. The van der Waals surface area contributed by atoms with Crippen LogP contribution in [-0.2, 0) is 36.0 Å². The van der Waals surface area contributed by atoms with E-state index >= 15 is 0 Å². The molecule has 0 heterocycles. The van der Waals surface area contributed by atoms with Crippen LogP contribution in [0.4, 0.5) is 0 Å². The van der Waals surface area contributed by atoms with Gasteiger partial charge in [-0.25, -0.2) is 0 Å². The Balaban J connectivity index is 1.62. The molecule has 3 nitrogen and oxygen atoms in total. The molecule has 4 aromatic carbocycles. The fourth-order valence-corrected chi connectivity index (χ4v) is 10.2. The van der Waals surface area contributed by atoms with Crippen molar-refractivity contribution in [2.75, 3.05) is 6.61 Å². The van der Waals surface area contributed by atoms with Gasteiger partial charge in [0, 0.05) is 0 Å². The van der Waals surface area contributed by atoms with Gasteiger partial charge in [-0.1, -0.05) is 255 Å². The average molecular weight is 944 g/mol. The first-order valence-corrected chi connectivity index (χ1v) is 29.2. The van der Waals surface area contributed by atoms with Gasteiger partial charge in [0.1, 0.15) is 24.2 Å². The van der Waals surface area contributed by atoms with Crippen molar-refractivity contribution >= 4 is 0 Å². The third kappa shape index (κ3) is 23.9. The van der Waals surface area contributed by atoms with Crippen molar-refractivity contribution in [3.8, 4) is 11.5 Å². The van der Waals surface area contributed by atoms with Gasteiger partial charge >= 0.3 is 0 Å². The first-order valence-electron chi connectivity index (χ1n) is 29.2. The Bertz CT molecular complexity index is 1860. The molecule has 0 spiro atoms. The average Bonchev–Trinajstić information content (AvgIpc) is 3.36. The zero-order valence-corrected chi connectivity index (χ0v) is 45.5. The van der Waals surface area contributed by atoms with E-state index in [1.807, 2.05) is 0 Å². The summed E-state index contributed by atoms with van der Waals surface area (Å²) in [6, 6.07) is 36.3. The number of hydrogen-bond acceptors (Lipinski definition) is 3. The molecule has 0 fully saturated rings. The highest BCUT2D eigenvalue weighted by atomic mass is 16.6. The summed E-state index contributed by atoms with van der Waals surface area (Å²) in [7, 11) is 0. The van der Waals surface area contributed by atoms with Crippen molar-refractivity contribution in [2.45, 2.75) is 265 Å². The summed E-state index contributed by atoms with van der Waals surface area (Å²) in [5, 5.41) is 0. The molecular weight excluding hydrogens is 841 g/mol. The van der Waals surface area contributed by atoms with Crippen LogP contribution in [0.3, 0.4) is 0 Å². The van der Waals surface area contributed by atoms with Crippen LogP contribution in [0.1, 0.15) is 261 Å². The molecule has 0 saturated carbocycles. The molecule has 0 amide bonds. The van der Waals surface area contributed by atoms with Gasteiger partial charge in [0.25, 0.3) is 0 Å². The molecule has 0 aliphatic heterocycles. The van der Waals surface area contributed by atoms with Gasteiger partial charge < -0.3 is 14.2 Å². The van der Waals surface area contributed by atoms with Gasteiger partial charge in [-0.05, 0) is 123 Å². The number of hydrogen-bond donors (Lipinski definition) is 0. The Morgan fingerprint density at radius 2 is 0.754 bits per heavy atom. The van der Waals surface area contributed by atoms with Crippen LogP contribution in [-0.4, -0.2) is 12.7 Å². The van der Waals surface area contributed by atoms with E-state index < -0.39 is 11.7 Å². The first-order chi connectivity index (χ1) is 33.9. The van der Waals surface area contributed by atoms with Crippen molar-refractivity contribution < 1.29 is 14.2 Å². The fraction of sp³-hybridized carbons (Fsp3) is 0.636. The molecule has 4 rings (SSSR count). The van der Waals surface area contributed by atoms with E-state index in [1.54, 1.807) is 0 Å². The molecule has 384 valence electrons. The molecule has 0 saturated heterocycles. The number of aryl methyl sites for hydroxylation is 4. The molecule has 3 atom stereocenters. The predicted octanol–water partition coefficient (Wildman–Crippen LogP) is 20.4. The molecular formula is C66H102O3. The smallest absolute Gasteiger partial charge is 0.161 e. The first kappa shape index (κ1) is 58.0.